The van der Waals surface area contributed by atoms with E-state index in [0.29, 0.717) is 19.8 Å². The van der Waals surface area contributed by atoms with E-state index in [1.807, 2.05) is 18.6 Å². The molecule has 0 saturated carbocycles. The Morgan fingerprint density at radius 1 is 0.422 bits per heavy atom. The van der Waals surface area contributed by atoms with Crippen LogP contribution in [0.2, 0.25) is 0 Å². The summed E-state index contributed by atoms with van der Waals surface area (Å²) in [7, 11) is 0. The van der Waals surface area contributed by atoms with Crippen LogP contribution >= 0.6 is 0 Å². The molecule has 0 aliphatic carbocycles. The third kappa shape index (κ3) is 5.94. The summed E-state index contributed by atoms with van der Waals surface area (Å²) in [5.74, 6) is 0. The predicted octanol–water partition coefficient (Wildman–Crippen LogP) is 9.08. The van der Waals surface area contributed by atoms with Crippen LogP contribution in [0.4, 0.5) is 0 Å². The van der Waals surface area contributed by atoms with Crippen molar-refractivity contribution < 1.29 is 14.2 Å². The standard InChI is InChI=1S/C39H39N3O3/c1-25-7-13-28(14-8-25)31-34(37-40-19-4-22-43-37)32(29-15-9-26(2)10-16-29)36(39-42-21-6-24-45-39)33(30-17-11-27(3)12-18-30)35(31)38-41-20-5-23-44-38/h7-21,37-39H,4-6,22-24H2,1-3H3. The monoisotopic (exact) mass is 597 g/mol. The van der Waals surface area contributed by atoms with E-state index >= 15 is 0 Å². The van der Waals surface area contributed by atoms with Crippen molar-refractivity contribution in [3.63, 3.8) is 0 Å². The number of rotatable bonds is 6. The van der Waals surface area contributed by atoms with Gasteiger partial charge in [-0.3, -0.25) is 15.0 Å². The molecule has 0 N–H and O–H groups in total. The second kappa shape index (κ2) is 13.0. The van der Waals surface area contributed by atoms with Gasteiger partial charge in [0.1, 0.15) is 0 Å². The first-order chi connectivity index (χ1) is 22.1. The smallest absolute Gasteiger partial charge is 0.174 e. The van der Waals surface area contributed by atoms with Crippen LogP contribution in [0.25, 0.3) is 33.4 Å². The van der Waals surface area contributed by atoms with Gasteiger partial charge in [0.2, 0.25) is 0 Å². The molecule has 0 radical (unpaired) electrons. The van der Waals surface area contributed by atoms with Gasteiger partial charge in [0.25, 0.3) is 0 Å². The van der Waals surface area contributed by atoms with Crippen LogP contribution in [-0.4, -0.2) is 38.5 Å². The highest BCUT2D eigenvalue weighted by atomic mass is 16.5. The number of benzene rings is 4. The van der Waals surface area contributed by atoms with E-state index in [-0.39, 0.29) is 0 Å². The van der Waals surface area contributed by atoms with Gasteiger partial charge >= 0.3 is 0 Å². The molecule has 4 aromatic carbocycles. The van der Waals surface area contributed by atoms with Gasteiger partial charge < -0.3 is 14.2 Å². The number of aliphatic imine (C=N–C) groups is 3. The number of hydrogen-bond acceptors (Lipinski definition) is 6. The van der Waals surface area contributed by atoms with E-state index in [1.165, 1.54) is 16.7 Å². The average molecular weight is 598 g/mol. The maximum Gasteiger partial charge on any atom is 0.174 e. The minimum Gasteiger partial charge on any atom is -0.352 e. The van der Waals surface area contributed by atoms with Crippen molar-refractivity contribution in [3.8, 4) is 33.4 Å². The summed E-state index contributed by atoms with van der Waals surface area (Å²) in [4.78, 5) is 15.0. The van der Waals surface area contributed by atoms with Gasteiger partial charge in [-0.2, -0.15) is 0 Å². The Morgan fingerprint density at radius 3 is 0.911 bits per heavy atom. The Morgan fingerprint density at radius 2 is 0.689 bits per heavy atom. The number of hydrogen-bond donors (Lipinski definition) is 0. The summed E-state index contributed by atoms with van der Waals surface area (Å²) in [5.41, 5.74) is 12.9. The first kappa shape index (κ1) is 29.5. The highest BCUT2D eigenvalue weighted by Crippen LogP contribution is 2.53. The van der Waals surface area contributed by atoms with E-state index in [2.05, 4.69) is 93.6 Å². The second-order valence-electron chi connectivity index (χ2n) is 12.0. The van der Waals surface area contributed by atoms with Crippen LogP contribution in [0, 0.1) is 20.8 Å². The lowest BCUT2D eigenvalue weighted by molar-refractivity contribution is 0.0493. The van der Waals surface area contributed by atoms with Crippen molar-refractivity contribution in [1.29, 1.82) is 0 Å². The molecule has 3 unspecified atom stereocenters. The van der Waals surface area contributed by atoms with E-state index in [1.54, 1.807) is 0 Å². The Bertz CT molecular complexity index is 1530. The highest BCUT2D eigenvalue weighted by molar-refractivity contribution is 5.94. The minimum atomic E-state index is -0.518. The largest absolute Gasteiger partial charge is 0.352 e. The van der Waals surface area contributed by atoms with Crippen LogP contribution in [-0.2, 0) is 14.2 Å². The molecule has 4 aromatic rings. The van der Waals surface area contributed by atoms with Gasteiger partial charge in [-0.15, -0.1) is 0 Å². The third-order valence-electron chi connectivity index (χ3n) is 8.67. The molecule has 0 aromatic heterocycles. The van der Waals surface area contributed by atoms with Crippen LogP contribution < -0.4 is 0 Å². The summed E-state index contributed by atoms with van der Waals surface area (Å²) >= 11 is 0. The van der Waals surface area contributed by atoms with Gasteiger partial charge in [0, 0.05) is 54.6 Å². The van der Waals surface area contributed by atoms with Crippen molar-refractivity contribution >= 4 is 18.6 Å². The van der Waals surface area contributed by atoms with Gasteiger partial charge in [-0.05, 0) is 54.2 Å². The first-order valence-electron chi connectivity index (χ1n) is 15.9. The molecular formula is C39H39N3O3. The molecule has 45 heavy (non-hydrogen) atoms. The average Bonchev–Trinajstić information content (AvgIpc) is 3.09. The van der Waals surface area contributed by atoms with E-state index in [4.69, 9.17) is 29.2 Å². The zero-order chi connectivity index (χ0) is 30.8. The Hall–Kier alpha value is -4.23. The quantitative estimate of drug-likeness (QED) is 0.223. The molecule has 6 nitrogen and oxygen atoms in total. The second-order valence-corrected chi connectivity index (χ2v) is 12.0. The summed E-state index contributed by atoms with van der Waals surface area (Å²) in [5, 5.41) is 0. The fraction of sp³-hybridized carbons (Fsp3) is 0.308. The molecule has 3 heterocycles. The molecule has 0 spiro atoms. The van der Waals surface area contributed by atoms with Gasteiger partial charge in [0.05, 0.1) is 19.8 Å². The first-order valence-corrected chi connectivity index (χ1v) is 15.9. The molecular weight excluding hydrogens is 558 g/mol. The molecule has 3 aliphatic rings. The predicted molar refractivity (Wildman–Crippen MR) is 182 cm³/mol. The van der Waals surface area contributed by atoms with Gasteiger partial charge in [-0.1, -0.05) is 89.5 Å². The number of aryl methyl sites for hydroxylation is 3. The summed E-state index contributed by atoms with van der Waals surface area (Å²) in [6.45, 7) is 8.13. The molecule has 0 amide bonds. The van der Waals surface area contributed by atoms with Crippen molar-refractivity contribution in [2.24, 2.45) is 15.0 Å². The Kier molecular flexibility index (Phi) is 8.53. The van der Waals surface area contributed by atoms with Crippen molar-refractivity contribution in [2.45, 2.75) is 58.7 Å². The lowest BCUT2D eigenvalue weighted by atomic mass is 9.77. The molecule has 0 fully saturated rings. The van der Waals surface area contributed by atoms with Crippen molar-refractivity contribution in [1.82, 2.24) is 0 Å². The number of ether oxygens (including phenoxy) is 3. The molecule has 7 rings (SSSR count). The third-order valence-corrected chi connectivity index (χ3v) is 8.67. The van der Waals surface area contributed by atoms with Crippen LogP contribution in [0.5, 0.6) is 0 Å². The van der Waals surface area contributed by atoms with Crippen LogP contribution in [0.3, 0.4) is 0 Å². The van der Waals surface area contributed by atoms with Crippen LogP contribution in [0.15, 0.2) is 87.8 Å². The summed E-state index contributed by atoms with van der Waals surface area (Å²) in [6, 6.07) is 26.2. The Balaban J connectivity index is 1.71. The fourth-order valence-electron chi connectivity index (χ4n) is 6.46. The summed E-state index contributed by atoms with van der Waals surface area (Å²) in [6.07, 6.45) is 6.76. The van der Waals surface area contributed by atoms with Gasteiger partial charge in [0.15, 0.2) is 18.7 Å². The number of nitrogens with zero attached hydrogens (tertiary/aromatic N) is 3. The molecule has 3 atom stereocenters. The Labute approximate surface area is 265 Å². The van der Waals surface area contributed by atoms with Crippen LogP contribution in [0.1, 0.15) is 71.3 Å². The van der Waals surface area contributed by atoms with E-state index < -0.39 is 18.7 Å². The van der Waals surface area contributed by atoms with Crippen molar-refractivity contribution in [2.75, 3.05) is 19.8 Å². The summed E-state index contributed by atoms with van der Waals surface area (Å²) < 4.78 is 19.6. The van der Waals surface area contributed by atoms with E-state index in [9.17, 15) is 0 Å². The topological polar surface area (TPSA) is 64.8 Å². The lowest BCUT2D eigenvalue weighted by Gasteiger charge is -2.34. The normalized spacial score (nSPS) is 21.3. The molecule has 0 bridgehead atoms. The highest BCUT2D eigenvalue weighted by Gasteiger charge is 2.37. The minimum absolute atomic E-state index is 0.518. The molecule has 6 heteroatoms. The SMILES string of the molecule is Cc1ccc(-c2c(C3N=CCCO3)c(-c3ccc(C)cc3)c(C3N=CCCO3)c(-c3ccc(C)cc3)c2C2N=CCCO2)cc1. The maximum absolute atomic E-state index is 6.53. The van der Waals surface area contributed by atoms with Crippen molar-refractivity contribution in [3.05, 3.63) is 106 Å². The lowest BCUT2D eigenvalue weighted by Crippen LogP contribution is -2.21. The van der Waals surface area contributed by atoms with E-state index in [0.717, 1.165) is 69.3 Å². The maximum atomic E-state index is 6.53. The molecule has 0 saturated heterocycles. The zero-order valence-corrected chi connectivity index (χ0v) is 26.2. The fourth-order valence-corrected chi connectivity index (χ4v) is 6.46. The molecule has 3 aliphatic heterocycles. The molecule has 228 valence electrons. The zero-order valence-electron chi connectivity index (χ0n) is 26.2. The van der Waals surface area contributed by atoms with Gasteiger partial charge in [-0.25, -0.2) is 0 Å².